The summed E-state index contributed by atoms with van der Waals surface area (Å²) in [6.07, 6.45) is 0. The minimum Gasteiger partial charge on any atom is -0.325 e. The second kappa shape index (κ2) is 5.14. The molecule has 0 aliphatic rings. The van der Waals surface area contributed by atoms with Gasteiger partial charge in [0, 0.05) is 25.0 Å². The van der Waals surface area contributed by atoms with E-state index in [1.54, 1.807) is 0 Å². The molecule has 4 nitrogen and oxygen atoms in total. The average molecular weight is 242 g/mol. The van der Waals surface area contributed by atoms with Crippen molar-refractivity contribution in [2.45, 2.75) is 20.4 Å². The topological polar surface area (TPSA) is 55.0 Å². The van der Waals surface area contributed by atoms with Gasteiger partial charge in [-0.1, -0.05) is 17.7 Å². The van der Waals surface area contributed by atoms with Crippen molar-refractivity contribution < 1.29 is 0 Å². The van der Waals surface area contributed by atoms with E-state index in [0.29, 0.717) is 12.5 Å². The molecule has 0 amide bonds. The molecule has 0 saturated carbocycles. The number of aryl methyl sites for hydroxylation is 2. The Bertz CT molecular complexity index is 534. The number of nitrogens with two attached hydrogens (primary N) is 1. The molecule has 1 aromatic heterocycles. The minimum atomic E-state index is 0.429. The predicted octanol–water partition coefficient (Wildman–Crippen LogP) is 2.32. The minimum absolute atomic E-state index is 0.429. The fourth-order valence-corrected chi connectivity index (χ4v) is 1.76. The van der Waals surface area contributed by atoms with E-state index in [4.69, 9.17) is 5.73 Å². The Morgan fingerprint density at radius 2 is 1.78 bits per heavy atom. The summed E-state index contributed by atoms with van der Waals surface area (Å²) in [5.74, 6) is 0.680. The Labute approximate surface area is 107 Å². The molecule has 0 unspecified atom stereocenters. The lowest BCUT2D eigenvalue weighted by molar-refractivity contribution is 0.922. The maximum Gasteiger partial charge on any atom is 0.230 e. The van der Waals surface area contributed by atoms with Gasteiger partial charge < -0.3 is 10.6 Å². The van der Waals surface area contributed by atoms with Gasteiger partial charge in [0.05, 0.1) is 5.69 Å². The van der Waals surface area contributed by atoms with Crippen LogP contribution in [0.4, 0.5) is 11.6 Å². The van der Waals surface area contributed by atoms with Crippen molar-refractivity contribution in [2.24, 2.45) is 5.73 Å². The quantitative estimate of drug-likeness (QED) is 0.897. The summed E-state index contributed by atoms with van der Waals surface area (Å²) in [5.41, 5.74) is 9.73. The smallest absolute Gasteiger partial charge is 0.230 e. The summed E-state index contributed by atoms with van der Waals surface area (Å²) >= 11 is 0. The molecule has 1 aromatic carbocycles. The molecule has 2 aromatic rings. The van der Waals surface area contributed by atoms with E-state index in [1.165, 1.54) is 5.56 Å². The highest BCUT2D eigenvalue weighted by Gasteiger charge is 2.08. The van der Waals surface area contributed by atoms with Crippen LogP contribution >= 0.6 is 0 Å². The lowest BCUT2D eigenvalue weighted by Crippen LogP contribution is -2.15. The Balaban J connectivity index is 2.35. The number of rotatable bonds is 3. The van der Waals surface area contributed by atoms with Gasteiger partial charge in [-0.05, 0) is 32.0 Å². The van der Waals surface area contributed by atoms with Crippen molar-refractivity contribution in [3.05, 3.63) is 47.3 Å². The fourth-order valence-electron chi connectivity index (χ4n) is 1.76. The zero-order valence-electron chi connectivity index (χ0n) is 11.0. The molecule has 0 saturated heterocycles. The SMILES string of the molecule is Cc1ccc(N(C)c2nc(C)cc(CN)n2)cc1. The molecule has 0 atom stereocenters. The maximum atomic E-state index is 5.64. The second-order valence-electron chi connectivity index (χ2n) is 4.40. The summed E-state index contributed by atoms with van der Waals surface area (Å²) < 4.78 is 0. The van der Waals surface area contributed by atoms with Crippen LogP contribution in [0.3, 0.4) is 0 Å². The number of benzene rings is 1. The lowest BCUT2D eigenvalue weighted by atomic mass is 10.2. The monoisotopic (exact) mass is 242 g/mol. The highest BCUT2D eigenvalue weighted by Crippen LogP contribution is 2.20. The highest BCUT2D eigenvalue weighted by atomic mass is 15.2. The Morgan fingerprint density at radius 3 is 2.39 bits per heavy atom. The van der Waals surface area contributed by atoms with Crippen LogP contribution in [0.15, 0.2) is 30.3 Å². The first-order valence-corrected chi connectivity index (χ1v) is 5.95. The van der Waals surface area contributed by atoms with Crippen molar-refractivity contribution in [1.29, 1.82) is 0 Å². The van der Waals surface area contributed by atoms with Crippen LogP contribution in [-0.4, -0.2) is 17.0 Å². The van der Waals surface area contributed by atoms with Gasteiger partial charge in [-0.25, -0.2) is 9.97 Å². The van der Waals surface area contributed by atoms with Crippen LogP contribution in [0, 0.1) is 13.8 Å². The van der Waals surface area contributed by atoms with Gasteiger partial charge in [0.1, 0.15) is 0 Å². The maximum absolute atomic E-state index is 5.64. The van der Waals surface area contributed by atoms with Crippen LogP contribution in [-0.2, 0) is 6.54 Å². The molecular weight excluding hydrogens is 224 g/mol. The first kappa shape index (κ1) is 12.5. The van der Waals surface area contributed by atoms with Crippen LogP contribution in [0.2, 0.25) is 0 Å². The van der Waals surface area contributed by atoms with Gasteiger partial charge >= 0.3 is 0 Å². The predicted molar refractivity (Wildman–Crippen MR) is 73.9 cm³/mol. The van der Waals surface area contributed by atoms with Crippen molar-refractivity contribution in [3.8, 4) is 0 Å². The van der Waals surface area contributed by atoms with Crippen molar-refractivity contribution >= 4 is 11.6 Å². The van der Waals surface area contributed by atoms with Crippen LogP contribution in [0.25, 0.3) is 0 Å². The lowest BCUT2D eigenvalue weighted by Gasteiger charge is -2.18. The van der Waals surface area contributed by atoms with Gasteiger partial charge in [0.15, 0.2) is 0 Å². The molecule has 0 spiro atoms. The van der Waals surface area contributed by atoms with E-state index in [2.05, 4.69) is 41.2 Å². The molecular formula is C14H18N4. The second-order valence-corrected chi connectivity index (χ2v) is 4.40. The fraction of sp³-hybridized carbons (Fsp3) is 0.286. The molecule has 0 fully saturated rings. The zero-order chi connectivity index (χ0) is 13.1. The van der Waals surface area contributed by atoms with Gasteiger partial charge in [0.25, 0.3) is 0 Å². The Kier molecular flexibility index (Phi) is 3.58. The molecule has 2 rings (SSSR count). The number of anilines is 2. The molecule has 0 radical (unpaired) electrons. The first-order chi connectivity index (χ1) is 8.60. The van der Waals surface area contributed by atoms with E-state index >= 15 is 0 Å². The average Bonchev–Trinajstić information content (AvgIpc) is 2.38. The van der Waals surface area contributed by atoms with Gasteiger partial charge in [-0.2, -0.15) is 0 Å². The van der Waals surface area contributed by atoms with Gasteiger partial charge in [0.2, 0.25) is 5.95 Å². The molecule has 2 N–H and O–H groups in total. The number of hydrogen-bond acceptors (Lipinski definition) is 4. The van der Waals surface area contributed by atoms with Crippen LogP contribution in [0.5, 0.6) is 0 Å². The van der Waals surface area contributed by atoms with E-state index in [-0.39, 0.29) is 0 Å². The molecule has 4 heteroatoms. The van der Waals surface area contributed by atoms with Crippen LogP contribution in [0.1, 0.15) is 17.0 Å². The van der Waals surface area contributed by atoms with Crippen molar-refractivity contribution in [3.63, 3.8) is 0 Å². The normalized spacial score (nSPS) is 10.4. The summed E-state index contributed by atoms with van der Waals surface area (Å²) in [5, 5.41) is 0. The van der Waals surface area contributed by atoms with E-state index in [1.807, 2.05) is 24.9 Å². The Morgan fingerprint density at radius 1 is 1.11 bits per heavy atom. The van der Waals surface area contributed by atoms with E-state index in [0.717, 1.165) is 17.1 Å². The molecule has 1 heterocycles. The van der Waals surface area contributed by atoms with E-state index in [9.17, 15) is 0 Å². The zero-order valence-corrected chi connectivity index (χ0v) is 11.0. The van der Waals surface area contributed by atoms with Crippen molar-refractivity contribution in [2.75, 3.05) is 11.9 Å². The first-order valence-electron chi connectivity index (χ1n) is 5.95. The third kappa shape index (κ3) is 2.65. The number of aromatic nitrogens is 2. The van der Waals surface area contributed by atoms with Crippen molar-refractivity contribution in [1.82, 2.24) is 9.97 Å². The molecule has 0 aliphatic heterocycles. The third-order valence-corrected chi connectivity index (χ3v) is 2.83. The molecule has 0 aliphatic carbocycles. The molecule has 18 heavy (non-hydrogen) atoms. The number of hydrogen-bond donors (Lipinski definition) is 1. The molecule has 94 valence electrons. The summed E-state index contributed by atoms with van der Waals surface area (Å²) in [4.78, 5) is 10.8. The standard InChI is InChI=1S/C14H18N4/c1-10-4-6-13(7-5-10)18(3)14-16-11(2)8-12(9-15)17-14/h4-8H,9,15H2,1-3H3. The third-order valence-electron chi connectivity index (χ3n) is 2.83. The number of nitrogens with zero attached hydrogens (tertiary/aromatic N) is 3. The van der Waals surface area contributed by atoms with E-state index < -0.39 is 0 Å². The van der Waals surface area contributed by atoms with Gasteiger partial charge in [-0.15, -0.1) is 0 Å². The summed E-state index contributed by atoms with van der Waals surface area (Å²) in [7, 11) is 1.96. The van der Waals surface area contributed by atoms with Crippen LogP contribution < -0.4 is 10.6 Å². The Hall–Kier alpha value is -1.94. The largest absolute Gasteiger partial charge is 0.325 e. The van der Waals surface area contributed by atoms with Gasteiger partial charge in [-0.3, -0.25) is 0 Å². The molecule has 0 bridgehead atoms. The summed E-state index contributed by atoms with van der Waals surface area (Å²) in [6, 6.07) is 10.2. The highest BCUT2D eigenvalue weighted by molar-refractivity contribution is 5.56. The summed E-state index contributed by atoms with van der Waals surface area (Å²) in [6.45, 7) is 4.45.